The SMILES string of the molecule is CCCC[C@H](O)[C@H](N)c1cc(Cl)ccc1N. The molecule has 0 unspecified atom stereocenters. The van der Waals surface area contributed by atoms with Crippen molar-refractivity contribution in [2.75, 3.05) is 5.73 Å². The van der Waals surface area contributed by atoms with Crippen LogP contribution in [0.15, 0.2) is 18.2 Å². The van der Waals surface area contributed by atoms with E-state index in [9.17, 15) is 5.11 Å². The van der Waals surface area contributed by atoms with E-state index in [0.717, 1.165) is 18.4 Å². The molecule has 0 bridgehead atoms. The molecule has 0 spiro atoms. The van der Waals surface area contributed by atoms with Crippen LogP contribution < -0.4 is 11.5 Å². The van der Waals surface area contributed by atoms with Crippen LogP contribution in [0.4, 0.5) is 5.69 Å². The van der Waals surface area contributed by atoms with E-state index in [0.29, 0.717) is 17.1 Å². The summed E-state index contributed by atoms with van der Waals surface area (Å²) < 4.78 is 0. The Hall–Kier alpha value is -0.770. The third kappa shape index (κ3) is 3.37. The number of anilines is 1. The van der Waals surface area contributed by atoms with Gasteiger partial charge in [-0.3, -0.25) is 0 Å². The number of aliphatic hydroxyl groups is 1. The number of unbranched alkanes of at least 4 members (excludes halogenated alkanes) is 1. The quantitative estimate of drug-likeness (QED) is 0.695. The summed E-state index contributed by atoms with van der Waals surface area (Å²) in [6, 6.07) is 4.68. The van der Waals surface area contributed by atoms with Crippen LogP contribution >= 0.6 is 11.6 Å². The zero-order valence-corrected chi connectivity index (χ0v) is 10.2. The van der Waals surface area contributed by atoms with Gasteiger partial charge in [0.15, 0.2) is 0 Å². The molecule has 4 heteroatoms. The number of nitrogens with two attached hydrogens (primary N) is 2. The number of halogens is 1. The predicted molar refractivity (Wildman–Crippen MR) is 68.3 cm³/mol. The number of benzene rings is 1. The summed E-state index contributed by atoms with van der Waals surface area (Å²) in [6.07, 6.45) is 2.11. The average molecular weight is 243 g/mol. The third-order valence-corrected chi connectivity index (χ3v) is 2.91. The van der Waals surface area contributed by atoms with E-state index >= 15 is 0 Å². The maximum absolute atomic E-state index is 9.89. The minimum atomic E-state index is -0.569. The molecular formula is C12H19ClN2O. The lowest BCUT2D eigenvalue weighted by atomic mass is 9.97. The Morgan fingerprint density at radius 2 is 2.12 bits per heavy atom. The molecule has 0 aliphatic carbocycles. The fraction of sp³-hybridized carbons (Fsp3) is 0.500. The molecule has 0 amide bonds. The van der Waals surface area contributed by atoms with Crippen molar-refractivity contribution in [3.63, 3.8) is 0 Å². The zero-order chi connectivity index (χ0) is 12.1. The summed E-state index contributed by atoms with van der Waals surface area (Å²) >= 11 is 5.88. The van der Waals surface area contributed by atoms with Crippen molar-refractivity contribution in [1.29, 1.82) is 0 Å². The van der Waals surface area contributed by atoms with Crippen molar-refractivity contribution in [3.8, 4) is 0 Å². The van der Waals surface area contributed by atoms with Crippen molar-refractivity contribution < 1.29 is 5.11 Å². The van der Waals surface area contributed by atoms with Gasteiger partial charge in [0.05, 0.1) is 12.1 Å². The normalized spacial score (nSPS) is 14.8. The first-order chi connectivity index (χ1) is 7.56. The van der Waals surface area contributed by atoms with Crippen LogP contribution in [0.2, 0.25) is 5.02 Å². The minimum Gasteiger partial charge on any atom is -0.398 e. The van der Waals surface area contributed by atoms with Crippen molar-refractivity contribution in [1.82, 2.24) is 0 Å². The summed E-state index contributed by atoms with van der Waals surface area (Å²) in [7, 11) is 0. The molecule has 1 rings (SSSR count). The zero-order valence-electron chi connectivity index (χ0n) is 9.49. The van der Waals surface area contributed by atoms with E-state index in [4.69, 9.17) is 23.1 Å². The maximum Gasteiger partial charge on any atom is 0.0733 e. The molecule has 0 saturated heterocycles. The molecule has 0 fully saturated rings. The lowest BCUT2D eigenvalue weighted by Crippen LogP contribution is -2.26. The van der Waals surface area contributed by atoms with E-state index < -0.39 is 12.1 Å². The molecule has 1 aromatic rings. The molecule has 0 saturated carbocycles. The van der Waals surface area contributed by atoms with Gasteiger partial charge in [0, 0.05) is 10.7 Å². The second kappa shape index (κ2) is 6.09. The van der Waals surface area contributed by atoms with Crippen molar-refractivity contribution in [3.05, 3.63) is 28.8 Å². The second-order valence-corrected chi connectivity index (χ2v) is 4.45. The van der Waals surface area contributed by atoms with E-state index in [1.54, 1.807) is 18.2 Å². The Bertz CT molecular complexity index is 344. The van der Waals surface area contributed by atoms with Gasteiger partial charge in [-0.15, -0.1) is 0 Å². The second-order valence-electron chi connectivity index (χ2n) is 4.01. The van der Waals surface area contributed by atoms with Crippen LogP contribution in [0.1, 0.15) is 37.8 Å². The van der Waals surface area contributed by atoms with Crippen LogP contribution in [0.3, 0.4) is 0 Å². The fourth-order valence-electron chi connectivity index (χ4n) is 1.63. The standard InChI is InChI=1S/C12H19ClN2O/c1-2-3-4-11(16)12(15)9-7-8(13)5-6-10(9)14/h5-7,11-12,16H,2-4,14-15H2,1H3/t11-,12+/m0/s1. The molecule has 16 heavy (non-hydrogen) atoms. The number of rotatable bonds is 5. The van der Waals surface area contributed by atoms with E-state index in [-0.39, 0.29) is 0 Å². The number of aliphatic hydroxyl groups excluding tert-OH is 1. The fourth-order valence-corrected chi connectivity index (χ4v) is 1.81. The number of hydrogen-bond acceptors (Lipinski definition) is 3. The molecule has 0 aliphatic rings. The van der Waals surface area contributed by atoms with Gasteiger partial charge >= 0.3 is 0 Å². The number of hydrogen-bond donors (Lipinski definition) is 3. The Labute approximate surface area is 101 Å². The maximum atomic E-state index is 9.89. The van der Waals surface area contributed by atoms with Crippen molar-refractivity contribution in [2.45, 2.75) is 38.3 Å². The third-order valence-electron chi connectivity index (χ3n) is 2.68. The predicted octanol–water partition coefficient (Wildman–Crippen LogP) is 2.47. The highest BCUT2D eigenvalue weighted by atomic mass is 35.5. The molecule has 0 aromatic heterocycles. The van der Waals surface area contributed by atoms with Crippen LogP contribution in [0.25, 0.3) is 0 Å². The van der Waals surface area contributed by atoms with Gasteiger partial charge in [-0.05, 0) is 30.2 Å². The highest BCUT2D eigenvalue weighted by Crippen LogP contribution is 2.26. The van der Waals surface area contributed by atoms with E-state index in [1.807, 2.05) is 0 Å². The summed E-state index contributed by atoms with van der Waals surface area (Å²) in [4.78, 5) is 0. The molecule has 3 nitrogen and oxygen atoms in total. The topological polar surface area (TPSA) is 72.3 Å². The van der Waals surface area contributed by atoms with Gasteiger partial charge in [-0.2, -0.15) is 0 Å². The number of nitrogen functional groups attached to an aromatic ring is 1. The van der Waals surface area contributed by atoms with Gasteiger partial charge in [0.2, 0.25) is 0 Å². The Morgan fingerprint density at radius 1 is 1.44 bits per heavy atom. The Balaban J connectivity index is 2.78. The van der Waals surface area contributed by atoms with Gasteiger partial charge in [0.25, 0.3) is 0 Å². The van der Waals surface area contributed by atoms with Crippen LogP contribution in [0, 0.1) is 0 Å². The molecule has 0 heterocycles. The van der Waals surface area contributed by atoms with Crippen LogP contribution in [-0.2, 0) is 0 Å². The largest absolute Gasteiger partial charge is 0.398 e. The van der Waals surface area contributed by atoms with Gasteiger partial charge in [0.1, 0.15) is 0 Å². The van der Waals surface area contributed by atoms with Crippen molar-refractivity contribution in [2.24, 2.45) is 5.73 Å². The smallest absolute Gasteiger partial charge is 0.0733 e. The summed E-state index contributed by atoms with van der Waals surface area (Å²) in [5.74, 6) is 0. The highest BCUT2D eigenvalue weighted by molar-refractivity contribution is 6.30. The lowest BCUT2D eigenvalue weighted by molar-refractivity contribution is 0.133. The Morgan fingerprint density at radius 3 is 2.75 bits per heavy atom. The average Bonchev–Trinajstić information content (AvgIpc) is 2.28. The summed E-state index contributed by atoms with van der Waals surface area (Å²) in [5.41, 5.74) is 13.1. The first-order valence-corrected chi connectivity index (χ1v) is 5.92. The van der Waals surface area contributed by atoms with Gasteiger partial charge < -0.3 is 16.6 Å². The van der Waals surface area contributed by atoms with Gasteiger partial charge in [-0.25, -0.2) is 0 Å². The van der Waals surface area contributed by atoms with Crippen LogP contribution in [-0.4, -0.2) is 11.2 Å². The van der Waals surface area contributed by atoms with Crippen LogP contribution in [0.5, 0.6) is 0 Å². The first kappa shape index (κ1) is 13.3. The molecule has 90 valence electrons. The monoisotopic (exact) mass is 242 g/mol. The van der Waals surface area contributed by atoms with E-state index in [1.165, 1.54) is 0 Å². The molecule has 0 aliphatic heterocycles. The molecule has 2 atom stereocenters. The van der Waals surface area contributed by atoms with Crippen molar-refractivity contribution >= 4 is 17.3 Å². The van der Waals surface area contributed by atoms with E-state index in [2.05, 4.69) is 6.92 Å². The molecule has 5 N–H and O–H groups in total. The minimum absolute atomic E-state index is 0.467. The molecule has 0 radical (unpaired) electrons. The highest BCUT2D eigenvalue weighted by Gasteiger charge is 2.18. The Kier molecular flexibility index (Phi) is 5.06. The summed E-state index contributed by atoms with van der Waals surface area (Å²) in [5, 5.41) is 10.5. The first-order valence-electron chi connectivity index (χ1n) is 5.54. The lowest BCUT2D eigenvalue weighted by Gasteiger charge is -2.20. The molecular weight excluding hydrogens is 224 g/mol. The summed E-state index contributed by atoms with van der Waals surface area (Å²) in [6.45, 7) is 2.08. The molecule has 1 aromatic carbocycles. The van der Waals surface area contributed by atoms with Gasteiger partial charge in [-0.1, -0.05) is 31.4 Å².